The zero-order chi connectivity index (χ0) is 6.97. The van der Waals surface area contributed by atoms with Crippen molar-refractivity contribution in [3.8, 4) is 0 Å². The molecule has 1 aromatic rings. The van der Waals surface area contributed by atoms with E-state index in [1.54, 1.807) is 11.1 Å². The van der Waals surface area contributed by atoms with Crippen LogP contribution in [0.15, 0.2) is 12.1 Å². The molecule has 0 aliphatic heterocycles. The fraction of sp³-hybridized carbons (Fsp3) is 0.500. The molecule has 0 nitrogen and oxygen atoms in total. The predicted octanol–water partition coefficient (Wildman–Crippen LogP) is 2.59. The minimum absolute atomic E-state index is 0. The van der Waals surface area contributed by atoms with Gasteiger partial charge in [0.25, 0.3) is 0 Å². The van der Waals surface area contributed by atoms with Crippen molar-refractivity contribution in [3.05, 3.63) is 28.8 Å². The summed E-state index contributed by atoms with van der Waals surface area (Å²) in [6.07, 6.45) is 5.45. The Morgan fingerprint density at radius 3 is 2.73 bits per heavy atom. The Morgan fingerprint density at radius 2 is 2.00 bits per heavy atom. The number of rotatable bonds is 0. The Kier molecular flexibility index (Phi) is 3.03. The fourth-order valence-electron chi connectivity index (χ4n) is 1.89. The van der Waals surface area contributed by atoms with Gasteiger partial charge in [-0.1, -0.05) is 32.6 Å². The first-order valence-electron chi connectivity index (χ1n) is 4.12. The van der Waals surface area contributed by atoms with Gasteiger partial charge in [0.15, 0.2) is 0 Å². The van der Waals surface area contributed by atoms with Gasteiger partial charge in [0, 0.05) is 0 Å². The van der Waals surface area contributed by atoms with E-state index in [-0.39, 0.29) is 21.7 Å². The summed E-state index contributed by atoms with van der Waals surface area (Å²) in [5.41, 5.74) is 4.77. The van der Waals surface area contributed by atoms with Gasteiger partial charge >= 0.3 is 21.7 Å². The van der Waals surface area contributed by atoms with Gasteiger partial charge in [0.2, 0.25) is 0 Å². The van der Waals surface area contributed by atoms with E-state index >= 15 is 0 Å². The van der Waals surface area contributed by atoms with Crippen LogP contribution >= 0.6 is 0 Å². The Morgan fingerprint density at radius 1 is 1.27 bits per heavy atom. The molecule has 0 spiro atoms. The fourth-order valence-corrected chi connectivity index (χ4v) is 1.89. The molecular weight excluding hydrogens is 168 g/mol. The molecule has 0 fully saturated rings. The van der Waals surface area contributed by atoms with Crippen molar-refractivity contribution in [1.29, 1.82) is 0 Å². The Bertz CT molecular complexity index is 235. The molecule has 2 rings (SSSR count). The predicted molar refractivity (Wildman–Crippen MR) is 43.4 cm³/mol. The van der Waals surface area contributed by atoms with Gasteiger partial charge in [0.05, 0.1) is 0 Å². The van der Waals surface area contributed by atoms with Gasteiger partial charge in [-0.2, -0.15) is 22.8 Å². The summed E-state index contributed by atoms with van der Waals surface area (Å²) < 4.78 is 0. The van der Waals surface area contributed by atoms with Crippen molar-refractivity contribution in [2.45, 2.75) is 32.6 Å². The van der Waals surface area contributed by atoms with Crippen LogP contribution in [0.25, 0.3) is 0 Å². The molecule has 0 bridgehead atoms. The van der Waals surface area contributed by atoms with E-state index in [4.69, 9.17) is 0 Å². The molecule has 0 heterocycles. The van der Waals surface area contributed by atoms with Crippen LogP contribution < -0.4 is 0 Å². The SMILES string of the molecule is C[c-]1ccc2c1CCCC2.[Ti+2]. The number of fused-ring (bicyclic) bond motifs is 1. The topological polar surface area (TPSA) is 0 Å². The maximum atomic E-state index is 2.30. The Balaban J connectivity index is 0.000000605. The van der Waals surface area contributed by atoms with Crippen molar-refractivity contribution < 1.29 is 21.7 Å². The van der Waals surface area contributed by atoms with Crippen molar-refractivity contribution >= 4 is 0 Å². The van der Waals surface area contributed by atoms with Crippen LogP contribution in [0.1, 0.15) is 29.5 Å². The first-order chi connectivity index (χ1) is 4.88. The van der Waals surface area contributed by atoms with E-state index < -0.39 is 0 Å². The van der Waals surface area contributed by atoms with Crippen LogP contribution in [0.3, 0.4) is 0 Å². The minimum atomic E-state index is 0. The van der Waals surface area contributed by atoms with Gasteiger partial charge in [-0.25, -0.2) is 6.07 Å². The van der Waals surface area contributed by atoms with E-state index in [2.05, 4.69) is 19.1 Å². The standard InChI is InChI=1S/C10H13.Ti/c1-8-6-7-9-4-2-3-5-10(8)9;/h6-7H,2-5H2,1H3;/q-1;+2. The second-order valence-corrected chi connectivity index (χ2v) is 3.23. The van der Waals surface area contributed by atoms with Crippen molar-refractivity contribution in [2.75, 3.05) is 0 Å². The Hall–Kier alpha value is 0.0643. The molecule has 1 heteroatoms. The molecule has 0 N–H and O–H groups in total. The average molecular weight is 181 g/mol. The first-order valence-corrected chi connectivity index (χ1v) is 4.12. The second-order valence-electron chi connectivity index (χ2n) is 3.23. The van der Waals surface area contributed by atoms with Crippen LogP contribution in [0.2, 0.25) is 0 Å². The van der Waals surface area contributed by atoms with Crippen molar-refractivity contribution in [1.82, 2.24) is 0 Å². The maximum Gasteiger partial charge on any atom is 2.00 e. The summed E-state index contributed by atoms with van der Waals surface area (Å²) in [6, 6.07) is 4.56. The smallest absolute Gasteiger partial charge is 0.210 e. The maximum absolute atomic E-state index is 2.30. The van der Waals surface area contributed by atoms with Crippen LogP contribution in [-0.2, 0) is 34.6 Å². The van der Waals surface area contributed by atoms with E-state index in [0.29, 0.717) is 0 Å². The molecule has 0 radical (unpaired) electrons. The quantitative estimate of drug-likeness (QED) is 0.426. The minimum Gasteiger partial charge on any atom is -0.210 e. The van der Waals surface area contributed by atoms with E-state index in [1.165, 1.54) is 31.2 Å². The number of aryl methyl sites for hydroxylation is 2. The molecule has 0 atom stereocenters. The third-order valence-corrected chi connectivity index (χ3v) is 2.52. The number of hydrogen-bond donors (Lipinski definition) is 0. The monoisotopic (exact) mass is 181 g/mol. The number of hydrogen-bond acceptors (Lipinski definition) is 0. The van der Waals surface area contributed by atoms with Crippen LogP contribution in [0.4, 0.5) is 0 Å². The molecule has 56 valence electrons. The third kappa shape index (κ3) is 1.63. The molecule has 0 amide bonds. The summed E-state index contributed by atoms with van der Waals surface area (Å²) in [7, 11) is 0. The summed E-state index contributed by atoms with van der Waals surface area (Å²) in [6.45, 7) is 2.23. The summed E-state index contributed by atoms with van der Waals surface area (Å²) in [5, 5.41) is 0. The van der Waals surface area contributed by atoms with E-state index in [1.807, 2.05) is 0 Å². The molecule has 0 aromatic heterocycles. The van der Waals surface area contributed by atoms with E-state index in [9.17, 15) is 0 Å². The molecule has 1 aromatic carbocycles. The van der Waals surface area contributed by atoms with Crippen molar-refractivity contribution in [2.24, 2.45) is 0 Å². The van der Waals surface area contributed by atoms with Gasteiger partial charge in [-0.3, -0.25) is 0 Å². The van der Waals surface area contributed by atoms with Gasteiger partial charge in [-0.15, -0.1) is 0 Å². The third-order valence-electron chi connectivity index (χ3n) is 2.52. The van der Waals surface area contributed by atoms with Crippen LogP contribution in [0.5, 0.6) is 0 Å². The summed E-state index contributed by atoms with van der Waals surface area (Å²) >= 11 is 0. The summed E-state index contributed by atoms with van der Waals surface area (Å²) in [5.74, 6) is 0. The van der Waals surface area contributed by atoms with Gasteiger partial charge < -0.3 is 0 Å². The molecule has 0 saturated carbocycles. The normalized spacial score (nSPS) is 15.4. The second kappa shape index (κ2) is 3.64. The largest absolute Gasteiger partial charge is 2.00 e. The van der Waals surface area contributed by atoms with Gasteiger partial charge in [-0.05, 0) is 0 Å². The molecule has 11 heavy (non-hydrogen) atoms. The van der Waals surface area contributed by atoms with E-state index in [0.717, 1.165) is 0 Å². The van der Waals surface area contributed by atoms with Crippen LogP contribution in [0, 0.1) is 6.92 Å². The molecule has 0 unspecified atom stereocenters. The molecule has 1 aliphatic rings. The average Bonchev–Trinajstić information content (AvgIpc) is 2.34. The zero-order valence-corrected chi connectivity index (χ0v) is 8.54. The van der Waals surface area contributed by atoms with Crippen molar-refractivity contribution in [3.63, 3.8) is 0 Å². The Labute approximate surface area is 83.2 Å². The molecular formula is C10H13Ti+. The summed E-state index contributed by atoms with van der Waals surface area (Å²) in [4.78, 5) is 0. The zero-order valence-electron chi connectivity index (χ0n) is 6.98. The molecule has 1 aliphatic carbocycles. The van der Waals surface area contributed by atoms with Gasteiger partial charge in [0.1, 0.15) is 0 Å². The first kappa shape index (κ1) is 9.15. The van der Waals surface area contributed by atoms with Crippen LogP contribution in [-0.4, -0.2) is 0 Å². The molecule has 0 saturated heterocycles.